The molecule has 0 bridgehead atoms. The van der Waals surface area contributed by atoms with E-state index in [2.05, 4.69) is 10.1 Å². The van der Waals surface area contributed by atoms with Crippen molar-refractivity contribution < 1.29 is 19.1 Å². The van der Waals surface area contributed by atoms with E-state index in [0.29, 0.717) is 37.4 Å². The van der Waals surface area contributed by atoms with E-state index in [4.69, 9.17) is 4.74 Å². The fraction of sp³-hybridized carbons (Fsp3) is 0.467. The zero-order valence-corrected chi connectivity index (χ0v) is 12.7. The summed E-state index contributed by atoms with van der Waals surface area (Å²) in [5.41, 5.74) is 1.38. The lowest BCUT2D eigenvalue weighted by Crippen LogP contribution is -2.25. The van der Waals surface area contributed by atoms with Crippen molar-refractivity contribution in [2.45, 2.75) is 19.8 Å². The van der Waals surface area contributed by atoms with Crippen LogP contribution in [0.3, 0.4) is 0 Å². The minimum atomic E-state index is -0.442. The summed E-state index contributed by atoms with van der Waals surface area (Å²) in [6.45, 7) is 3.18. The number of ether oxygens (including phenoxy) is 2. The lowest BCUT2D eigenvalue weighted by atomic mass is 10.2. The number of hydrogen-bond donors (Lipinski definition) is 1. The highest BCUT2D eigenvalue weighted by Gasteiger charge is 2.10. The number of methoxy groups -OCH3 is 1. The third-order valence-corrected chi connectivity index (χ3v) is 2.88. The van der Waals surface area contributed by atoms with E-state index < -0.39 is 6.09 Å². The number of nitrogens with zero attached hydrogens (tertiary/aromatic N) is 1. The highest BCUT2D eigenvalue weighted by Crippen LogP contribution is 2.17. The Morgan fingerprint density at radius 1 is 1.24 bits per heavy atom. The Labute approximate surface area is 125 Å². The second kappa shape index (κ2) is 8.97. The van der Waals surface area contributed by atoms with Crippen LogP contribution in [-0.4, -0.2) is 39.4 Å². The molecule has 0 atom stereocenters. The highest BCUT2D eigenvalue weighted by molar-refractivity contribution is 5.91. The van der Waals surface area contributed by atoms with E-state index in [1.165, 1.54) is 12.0 Å². The summed E-state index contributed by atoms with van der Waals surface area (Å²) in [5, 5.41) is 2.80. The van der Waals surface area contributed by atoms with Gasteiger partial charge >= 0.3 is 6.09 Å². The van der Waals surface area contributed by atoms with Crippen LogP contribution in [0.1, 0.15) is 19.8 Å². The van der Waals surface area contributed by atoms with E-state index in [1.807, 2.05) is 6.92 Å². The molecule has 6 nitrogen and oxygen atoms in total. The van der Waals surface area contributed by atoms with Gasteiger partial charge in [-0.3, -0.25) is 9.69 Å². The van der Waals surface area contributed by atoms with Gasteiger partial charge in [-0.1, -0.05) is 0 Å². The molecule has 2 amide bonds. The molecule has 0 heterocycles. The summed E-state index contributed by atoms with van der Waals surface area (Å²) in [7, 11) is 2.95. The van der Waals surface area contributed by atoms with Gasteiger partial charge in [0.1, 0.15) is 0 Å². The maximum atomic E-state index is 11.7. The Morgan fingerprint density at radius 2 is 1.90 bits per heavy atom. The number of carbonyl (C=O) groups is 2. The molecule has 0 aliphatic carbocycles. The van der Waals surface area contributed by atoms with Crippen LogP contribution in [0.15, 0.2) is 24.3 Å². The predicted molar refractivity (Wildman–Crippen MR) is 81.6 cm³/mol. The number of rotatable bonds is 7. The molecule has 0 spiro atoms. The topological polar surface area (TPSA) is 67.9 Å². The highest BCUT2D eigenvalue weighted by atomic mass is 16.5. The lowest BCUT2D eigenvalue weighted by Gasteiger charge is -2.15. The minimum absolute atomic E-state index is 0.0521. The average molecular weight is 294 g/mol. The predicted octanol–water partition coefficient (Wildman–Crippen LogP) is 2.64. The molecule has 0 aliphatic rings. The van der Waals surface area contributed by atoms with Crippen LogP contribution < -0.4 is 10.2 Å². The maximum Gasteiger partial charge on any atom is 0.413 e. The van der Waals surface area contributed by atoms with E-state index in [0.717, 1.165) is 0 Å². The van der Waals surface area contributed by atoms with E-state index >= 15 is 0 Å². The third kappa shape index (κ3) is 5.83. The molecule has 1 aromatic carbocycles. The van der Waals surface area contributed by atoms with Crippen molar-refractivity contribution in [1.29, 1.82) is 0 Å². The van der Waals surface area contributed by atoms with Gasteiger partial charge in [0.2, 0.25) is 5.91 Å². The number of carbonyl (C=O) groups excluding carboxylic acids is 2. The number of nitrogens with one attached hydrogen (secondary N) is 1. The van der Waals surface area contributed by atoms with Crippen LogP contribution in [-0.2, 0) is 14.3 Å². The molecule has 0 fully saturated rings. The van der Waals surface area contributed by atoms with Gasteiger partial charge in [-0.15, -0.1) is 0 Å². The smallest absolute Gasteiger partial charge is 0.413 e. The quantitative estimate of drug-likeness (QED) is 0.785. The molecule has 0 aromatic heterocycles. The molecule has 0 unspecified atom stereocenters. The van der Waals surface area contributed by atoms with Gasteiger partial charge in [0.25, 0.3) is 0 Å². The Balaban J connectivity index is 2.47. The largest absolute Gasteiger partial charge is 0.452 e. The molecule has 1 aromatic rings. The first-order chi connectivity index (χ1) is 10.1. The summed E-state index contributed by atoms with van der Waals surface area (Å²) in [4.78, 5) is 24.4. The Kier molecular flexibility index (Phi) is 7.25. The van der Waals surface area contributed by atoms with Crippen molar-refractivity contribution in [3.8, 4) is 0 Å². The van der Waals surface area contributed by atoms with E-state index in [-0.39, 0.29) is 5.91 Å². The molecular formula is C15H22N2O4. The van der Waals surface area contributed by atoms with Gasteiger partial charge in [0.15, 0.2) is 0 Å². The Morgan fingerprint density at radius 3 is 2.48 bits per heavy atom. The fourth-order valence-corrected chi connectivity index (χ4v) is 1.71. The Hall–Kier alpha value is -2.08. The first kappa shape index (κ1) is 17.0. The molecule has 0 saturated carbocycles. The monoisotopic (exact) mass is 294 g/mol. The Bertz CT molecular complexity index is 459. The van der Waals surface area contributed by atoms with Crippen LogP contribution in [0.4, 0.5) is 16.2 Å². The summed E-state index contributed by atoms with van der Waals surface area (Å²) >= 11 is 0. The molecule has 1 rings (SSSR count). The third-order valence-electron chi connectivity index (χ3n) is 2.88. The van der Waals surface area contributed by atoms with E-state index in [1.54, 1.807) is 31.3 Å². The average Bonchev–Trinajstić information content (AvgIpc) is 2.51. The minimum Gasteiger partial charge on any atom is -0.452 e. The summed E-state index contributed by atoms with van der Waals surface area (Å²) in [6, 6.07) is 6.98. The van der Waals surface area contributed by atoms with E-state index in [9.17, 15) is 9.59 Å². The normalized spacial score (nSPS) is 10.0. The van der Waals surface area contributed by atoms with Gasteiger partial charge < -0.3 is 14.8 Å². The van der Waals surface area contributed by atoms with Crippen LogP contribution in [0.2, 0.25) is 0 Å². The van der Waals surface area contributed by atoms with Crippen molar-refractivity contribution in [2.75, 3.05) is 37.6 Å². The first-order valence-electron chi connectivity index (χ1n) is 6.87. The summed E-state index contributed by atoms with van der Waals surface area (Å²) in [6.07, 6.45) is 0.676. The van der Waals surface area contributed by atoms with Crippen molar-refractivity contribution in [1.82, 2.24) is 0 Å². The van der Waals surface area contributed by atoms with Gasteiger partial charge in [-0.25, -0.2) is 4.79 Å². The van der Waals surface area contributed by atoms with Gasteiger partial charge in [0, 0.05) is 38.1 Å². The maximum absolute atomic E-state index is 11.7. The summed E-state index contributed by atoms with van der Waals surface area (Å²) < 4.78 is 9.81. The number of hydrogen-bond acceptors (Lipinski definition) is 4. The van der Waals surface area contributed by atoms with Crippen molar-refractivity contribution in [3.63, 3.8) is 0 Å². The molecule has 6 heteroatoms. The van der Waals surface area contributed by atoms with Crippen LogP contribution in [0.5, 0.6) is 0 Å². The van der Waals surface area contributed by atoms with Crippen LogP contribution in [0, 0.1) is 0 Å². The SMILES string of the molecule is CCOCCCC(=O)Nc1ccc(N(C)C(=O)OC)cc1. The molecule has 116 valence electrons. The van der Waals surface area contributed by atoms with Gasteiger partial charge in [-0.05, 0) is 37.6 Å². The molecule has 21 heavy (non-hydrogen) atoms. The second-order valence-electron chi connectivity index (χ2n) is 4.42. The van der Waals surface area contributed by atoms with Gasteiger partial charge in [0.05, 0.1) is 7.11 Å². The lowest BCUT2D eigenvalue weighted by molar-refractivity contribution is -0.116. The number of anilines is 2. The molecule has 0 saturated heterocycles. The zero-order chi connectivity index (χ0) is 15.7. The molecule has 1 N–H and O–H groups in total. The number of benzene rings is 1. The molecule has 0 aliphatic heterocycles. The fourth-order valence-electron chi connectivity index (χ4n) is 1.71. The van der Waals surface area contributed by atoms with Crippen LogP contribution in [0.25, 0.3) is 0 Å². The van der Waals surface area contributed by atoms with Crippen molar-refractivity contribution in [2.24, 2.45) is 0 Å². The zero-order valence-electron chi connectivity index (χ0n) is 12.7. The van der Waals surface area contributed by atoms with Gasteiger partial charge in [-0.2, -0.15) is 0 Å². The molecule has 0 radical (unpaired) electrons. The first-order valence-corrected chi connectivity index (χ1v) is 6.87. The van der Waals surface area contributed by atoms with Crippen molar-refractivity contribution >= 4 is 23.4 Å². The summed E-state index contributed by atoms with van der Waals surface area (Å²) in [5.74, 6) is -0.0521. The van der Waals surface area contributed by atoms with Crippen LogP contribution >= 0.6 is 0 Å². The standard InChI is InChI=1S/C15H22N2O4/c1-4-21-11-5-6-14(18)16-12-7-9-13(10-8-12)17(2)15(19)20-3/h7-10H,4-6,11H2,1-3H3,(H,16,18). The second-order valence-corrected chi connectivity index (χ2v) is 4.42. The van der Waals surface area contributed by atoms with Crippen molar-refractivity contribution in [3.05, 3.63) is 24.3 Å². The number of amides is 2. The molecular weight excluding hydrogens is 272 g/mol.